The summed E-state index contributed by atoms with van der Waals surface area (Å²) in [4.78, 5) is 14.7. The summed E-state index contributed by atoms with van der Waals surface area (Å²) in [5, 5.41) is -0.550. The lowest BCUT2D eigenvalue weighted by Gasteiger charge is -2.23. The number of benzene rings is 1. The zero-order chi connectivity index (χ0) is 20.4. The van der Waals surface area contributed by atoms with E-state index in [9.17, 15) is 26.4 Å². The zero-order valence-corrected chi connectivity index (χ0v) is 16.5. The highest BCUT2D eigenvalue weighted by Gasteiger charge is 2.36. The Balaban J connectivity index is 2.19. The molecule has 2 rings (SSSR count). The second-order valence-corrected chi connectivity index (χ2v) is 8.81. The first-order valence-corrected chi connectivity index (χ1v) is 10.0. The number of alkyl halides is 3. The molecule has 0 saturated carbocycles. The molecule has 0 unspecified atom stereocenters. The quantitative estimate of drug-likeness (QED) is 0.738. The van der Waals surface area contributed by atoms with Gasteiger partial charge in [-0.3, -0.25) is 9.69 Å². The van der Waals surface area contributed by atoms with Gasteiger partial charge in [0, 0.05) is 33.7 Å². The van der Waals surface area contributed by atoms with Gasteiger partial charge in [-0.2, -0.15) is 17.5 Å². The summed E-state index contributed by atoms with van der Waals surface area (Å²) in [7, 11) is -0.831. The van der Waals surface area contributed by atoms with E-state index in [1.54, 1.807) is 14.1 Å². The van der Waals surface area contributed by atoms with Crippen molar-refractivity contribution in [2.24, 2.45) is 0 Å². The van der Waals surface area contributed by atoms with Crippen molar-refractivity contribution in [1.29, 1.82) is 0 Å². The Kier molecular flexibility index (Phi) is 6.77. The highest BCUT2D eigenvalue weighted by Crippen LogP contribution is 2.36. The van der Waals surface area contributed by atoms with Crippen LogP contribution in [0.4, 0.5) is 13.2 Å². The SMILES string of the molecule is CN(C)C(=O)CN1CCCN(S(=O)(=O)c2ccc(Cl)c(C(F)(F)F)c2)CC1. The molecule has 1 heterocycles. The van der Waals surface area contributed by atoms with Gasteiger partial charge in [0.25, 0.3) is 0 Å². The van der Waals surface area contributed by atoms with E-state index in [1.807, 2.05) is 4.90 Å². The lowest BCUT2D eigenvalue weighted by Crippen LogP contribution is -2.39. The fraction of sp³-hybridized carbons (Fsp3) is 0.562. The van der Waals surface area contributed by atoms with Gasteiger partial charge in [-0.05, 0) is 31.2 Å². The molecule has 27 heavy (non-hydrogen) atoms. The van der Waals surface area contributed by atoms with E-state index in [4.69, 9.17) is 11.6 Å². The predicted molar refractivity (Wildman–Crippen MR) is 95.0 cm³/mol. The van der Waals surface area contributed by atoms with Crippen LogP contribution in [0.5, 0.6) is 0 Å². The molecule has 1 amide bonds. The summed E-state index contributed by atoms with van der Waals surface area (Å²) in [6, 6.07) is 2.58. The Morgan fingerprint density at radius 1 is 1.19 bits per heavy atom. The van der Waals surface area contributed by atoms with Crippen LogP contribution in [0.2, 0.25) is 5.02 Å². The molecule has 152 valence electrons. The number of halogens is 4. The van der Waals surface area contributed by atoms with Gasteiger partial charge in [0.15, 0.2) is 0 Å². The zero-order valence-electron chi connectivity index (χ0n) is 15.0. The number of likely N-dealkylation sites (N-methyl/N-ethyl adjacent to an activating group) is 1. The Bertz CT molecular complexity index is 800. The van der Waals surface area contributed by atoms with Crippen molar-refractivity contribution in [3.63, 3.8) is 0 Å². The molecule has 1 aliphatic heterocycles. The summed E-state index contributed by atoms with van der Waals surface area (Å²) in [6.07, 6.45) is -4.27. The van der Waals surface area contributed by atoms with Gasteiger partial charge >= 0.3 is 6.18 Å². The summed E-state index contributed by atoms with van der Waals surface area (Å²) in [5.74, 6) is -0.0983. The average molecular weight is 428 g/mol. The number of hydrogen-bond donors (Lipinski definition) is 0. The number of amides is 1. The van der Waals surface area contributed by atoms with E-state index in [0.717, 1.165) is 16.4 Å². The molecular weight excluding hydrogens is 407 g/mol. The van der Waals surface area contributed by atoms with Crippen molar-refractivity contribution < 1.29 is 26.4 Å². The molecule has 1 aromatic rings. The summed E-state index contributed by atoms with van der Waals surface area (Å²) < 4.78 is 65.8. The van der Waals surface area contributed by atoms with E-state index in [2.05, 4.69) is 0 Å². The van der Waals surface area contributed by atoms with Gasteiger partial charge in [0.05, 0.1) is 22.0 Å². The number of carbonyl (C=O) groups excluding carboxylic acids is 1. The maximum absolute atomic E-state index is 13.0. The van der Waals surface area contributed by atoms with Crippen molar-refractivity contribution in [3.05, 3.63) is 28.8 Å². The van der Waals surface area contributed by atoms with Crippen molar-refractivity contribution in [2.45, 2.75) is 17.5 Å². The van der Waals surface area contributed by atoms with Gasteiger partial charge in [-0.25, -0.2) is 8.42 Å². The number of rotatable bonds is 4. The molecular formula is C16H21ClF3N3O3S. The minimum absolute atomic E-state index is 0.0903. The normalized spacial score (nSPS) is 17.6. The molecule has 0 aliphatic carbocycles. The fourth-order valence-electron chi connectivity index (χ4n) is 2.71. The standard InChI is InChI=1S/C16H21ClF3N3O3S/c1-21(2)15(24)11-22-6-3-7-23(9-8-22)27(25,26)12-4-5-14(17)13(10-12)16(18,19)20/h4-5,10H,3,6-9,11H2,1-2H3. The first-order valence-electron chi connectivity index (χ1n) is 8.22. The van der Waals surface area contributed by atoms with Crippen LogP contribution >= 0.6 is 11.6 Å². The first kappa shape index (κ1) is 21.9. The molecule has 0 atom stereocenters. The predicted octanol–water partition coefficient (Wildman–Crippen LogP) is 2.14. The van der Waals surface area contributed by atoms with Crippen LogP contribution in [0.25, 0.3) is 0 Å². The minimum Gasteiger partial charge on any atom is -0.348 e. The topological polar surface area (TPSA) is 60.9 Å². The van der Waals surface area contributed by atoms with E-state index >= 15 is 0 Å². The van der Waals surface area contributed by atoms with Gasteiger partial charge in [-0.1, -0.05) is 11.6 Å². The maximum atomic E-state index is 13.0. The largest absolute Gasteiger partial charge is 0.417 e. The minimum atomic E-state index is -4.75. The lowest BCUT2D eigenvalue weighted by atomic mass is 10.2. The second kappa shape index (κ2) is 8.34. The summed E-state index contributed by atoms with van der Waals surface area (Å²) in [5.41, 5.74) is -1.18. The summed E-state index contributed by atoms with van der Waals surface area (Å²) in [6.45, 7) is 1.27. The third-order valence-corrected chi connectivity index (χ3v) is 6.51. The van der Waals surface area contributed by atoms with E-state index < -0.39 is 31.7 Å². The molecule has 11 heteroatoms. The molecule has 6 nitrogen and oxygen atoms in total. The van der Waals surface area contributed by atoms with Crippen molar-refractivity contribution in [1.82, 2.24) is 14.1 Å². The monoisotopic (exact) mass is 427 g/mol. The highest BCUT2D eigenvalue weighted by molar-refractivity contribution is 7.89. The van der Waals surface area contributed by atoms with Crippen molar-refractivity contribution in [3.8, 4) is 0 Å². The van der Waals surface area contributed by atoms with Crippen molar-refractivity contribution >= 4 is 27.5 Å². The second-order valence-electron chi connectivity index (χ2n) is 6.46. The average Bonchev–Trinajstić information content (AvgIpc) is 2.80. The maximum Gasteiger partial charge on any atom is 0.417 e. The first-order chi connectivity index (χ1) is 12.4. The van der Waals surface area contributed by atoms with Crippen molar-refractivity contribution in [2.75, 3.05) is 46.8 Å². The van der Waals surface area contributed by atoms with Crippen LogP contribution in [-0.4, -0.2) is 75.2 Å². The Hall–Kier alpha value is -1.36. The van der Waals surface area contributed by atoms with E-state index in [1.165, 1.54) is 4.90 Å². The van der Waals surface area contributed by atoms with Crippen LogP contribution in [-0.2, 0) is 21.0 Å². The Morgan fingerprint density at radius 3 is 2.44 bits per heavy atom. The van der Waals surface area contributed by atoms with Crippen LogP contribution in [0.3, 0.4) is 0 Å². The number of hydrogen-bond acceptors (Lipinski definition) is 4. The van der Waals surface area contributed by atoms with E-state index in [0.29, 0.717) is 25.6 Å². The third kappa shape index (κ3) is 5.34. The number of nitrogens with zero attached hydrogens (tertiary/aromatic N) is 3. The molecule has 1 aliphatic rings. The molecule has 1 saturated heterocycles. The molecule has 0 radical (unpaired) electrons. The molecule has 1 fully saturated rings. The molecule has 0 N–H and O–H groups in total. The fourth-order valence-corrected chi connectivity index (χ4v) is 4.43. The van der Waals surface area contributed by atoms with Gasteiger partial charge in [0.2, 0.25) is 15.9 Å². The molecule has 0 aromatic heterocycles. The van der Waals surface area contributed by atoms with Crippen LogP contribution < -0.4 is 0 Å². The van der Waals surface area contributed by atoms with Gasteiger partial charge in [0.1, 0.15) is 0 Å². The van der Waals surface area contributed by atoms with Gasteiger partial charge in [-0.15, -0.1) is 0 Å². The molecule has 0 spiro atoms. The van der Waals surface area contributed by atoms with E-state index in [-0.39, 0.29) is 25.5 Å². The smallest absolute Gasteiger partial charge is 0.348 e. The Labute approximate surface area is 161 Å². The Morgan fingerprint density at radius 2 is 1.85 bits per heavy atom. The van der Waals surface area contributed by atoms with Crippen LogP contribution in [0.15, 0.2) is 23.1 Å². The molecule has 0 bridgehead atoms. The highest BCUT2D eigenvalue weighted by atomic mass is 35.5. The third-order valence-electron chi connectivity index (χ3n) is 4.29. The number of sulfonamides is 1. The summed E-state index contributed by atoms with van der Waals surface area (Å²) >= 11 is 5.56. The van der Waals surface area contributed by atoms with Crippen LogP contribution in [0, 0.1) is 0 Å². The number of carbonyl (C=O) groups is 1. The van der Waals surface area contributed by atoms with Gasteiger partial charge < -0.3 is 4.90 Å². The lowest BCUT2D eigenvalue weighted by molar-refractivity contribution is -0.137. The van der Waals surface area contributed by atoms with Crippen LogP contribution in [0.1, 0.15) is 12.0 Å². The molecule has 1 aromatic carbocycles.